The number of carbonyl (C=O) groups excluding carboxylic acids is 1. The van der Waals surface area contributed by atoms with Crippen molar-refractivity contribution in [2.24, 2.45) is 5.92 Å². The number of anilines is 1. The van der Waals surface area contributed by atoms with E-state index in [0.29, 0.717) is 39.9 Å². The van der Waals surface area contributed by atoms with Gasteiger partial charge in [0.05, 0.1) is 12.2 Å². The molecule has 7 heteroatoms. The smallest absolute Gasteiger partial charge is 0.270 e. The van der Waals surface area contributed by atoms with E-state index in [-0.39, 0.29) is 11.4 Å². The van der Waals surface area contributed by atoms with Gasteiger partial charge in [0.25, 0.3) is 15.9 Å². The third-order valence-electron chi connectivity index (χ3n) is 5.93. The van der Waals surface area contributed by atoms with Crippen molar-refractivity contribution in [2.75, 3.05) is 17.4 Å². The molecule has 0 radical (unpaired) electrons. The number of unbranched alkanes of at least 4 members (excludes halogenated alkanes) is 1. The van der Waals surface area contributed by atoms with Crippen LogP contribution in [0.3, 0.4) is 0 Å². The highest BCUT2D eigenvalue weighted by atomic mass is 35.5. The Morgan fingerprint density at radius 3 is 2.55 bits per heavy atom. The van der Waals surface area contributed by atoms with Crippen LogP contribution >= 0.6 is 11.6 Å². The third-order valence-corrected chi connectivity index (χ3v) is 8.00. The Kier molecular flexibility index (Phi) is 8.38. The first kappa shape index (κ1) is 25.1. The van der Waals surface area contributed by atoms with Gasteiger partial charge in [-0.15, -0.1) is 6.58 Å². The second kappa shape index (κ2) is 11.0. The zero-order chi connectivity index (χ0) is 24.0. The number of nitrogens with zero attached hydrogens (tertiary/aromatic N) is 1. The van der Waals surface area contributed by atoms with Crippen molar-refractivity contribution in [2.45, 2.75) is 39.5 Å². The first-order valence-electron chi connectivity index (χ1n) is 11.4. The number of carbonyl (C=O) groups is 1. The van der Waals surface area contributed by atoms with E-state index in [2.05, 4.69) is 25.7 Å². The van der Waals surface area contributed by atoms with Crippen molar-refractivity contribution in [3.63, 3.8) is 0 Å². The van der Waals surface area contributed by atoms with E-state index in [0.717, 1.165) is 25.7 Å². The molecule has 0 saturated heterocycles. The average molecular weight is 487 g/mol. The van der Waals surface area contributed by atoms with E-state index in [1.165, 1.54) is 10.4 Å². The molecule has 1 N–H and O–H groups in total. The molecule has 1 aliphatic heterocycles. The van der Waals surface area contributed by atoms with E-state index < -0.39 is 15.9 Å². The lowest BCUT2D eigenvalue weighted by Gasteiger charge is -2.33. The molecule has 1 aliphatic rings. The summed E-state index contributed by atoms with van der Waals surface area (Å²) in [6, 6.07) is 14.2. The topological polar surface area (TPSA) is 66.5 Å². The monoisotopic (exact) mass is 486 g/mol. The van der Waals surface area contributed by atoms with Gasteiger partial charge in [-0.1, -0.05) is 81.1 Å². The molecule has 0 unspecified atom stereocenters. The summed E-state index contributed by atoms with van der Waals surface area (Å²) in [7, 11) is -4.13. The van der Waals surface area contributed by atoms with Gasteiger partial charge < -0.3 is 5.32 Å². The third kappa shape index (κ3) is 5.33. The predicted molar refractivity (Wildman–Crippen MR) is 137 cm³/mol. The number of halogens is 1. The molecule has 33 heavy (non-hydrogen) atoms. The fourth-order valence-corrected chi connectivity index (χ4v) is 6.02. The van der Waals surface area contributed by atoms with Crippen molar-refractivity contribution >= 4 is 38.8 Å². The lowest BCUT2D eigenvalue weighted by molar-refractivity contribution is -0.117. The summed E-state index contributed by atoms with van der Waals surface area (Å²) >= 11 is 6.31. The number of nitrogens with one attached hydrogen (secondary N) is 1. The Morgan fingerprint density at radius 2 is 1.91 bits per heavy atom. The molecule has 3 rings (SSSR count). The summed E-state index contributed by atoms with van der Waals surface area (Å²) in [6.07, 6.45) is 5.57. The SMILES string of the molecule is C=CCN1c2ccc(Cl)cc2C(c2ccccc2)=C(C(=O)NC[C@@H](CC)CCCC)S1(=O)=O. The lowest BCUT2D eigenvalue weighted by atomic mass is 9.95. The summed E-state index contributed by atoms with van der Waals surface area (Å²) in [5, 5.41) is 3.38. The minimum atomic E-state index is -4.13. The summed E-state index contributed by atoms with van der Waals surface area (Å²) < 4.78 is 28.8. The Balaban J connectivity index is 2.18. The molecule has 0 fully saturated rings. The van der Waals surface area contributed by atoms with Crippen LogP contribution in [0.25, 0.3) is 5.57 Å². The van der Waals surface area contributed by atoms with Crippen LogP contribution in [-0.2, 0) is 14.8 Å². The van der Waals surface area contributed by atoms with Crippen molar-refractivity contribution in [3.8, 4) is 0 Å². The first-order valence-corrected chi connectivity index (χ1v) is 13.2. The molecule has 1 heterocycles. The zero-order valence-corrected chi connectivity index (χ0v) is 20.8. The fraction of sp³-hybridized carbons (Fsp3) is 0.346. The molecule has 0 bridgehead atoms. The molecule has 0 aromatic heterocycles. The van der Waals surface area contributed by atoms with Gasteiger partial charge in [0, 0.05) is 22.7 Å². The number of fused-ring (bicyclic) bond motifs is 1. The van der Waals surface area contributed by atoms with Crippen LogP contribution in [-0.4, -0.2) is 27.4 Å². The van der Waals surface area contributed by atoms with Gasteiger partial charge >= 0.3 is 0 Å². The molecule has 176 valence electrons. The van der Waals surface area contributed by atoms with E-state index in [4.69, 9.17) is 11.6 Å². The highest BCUT2D eigenvalue weighted by Crippen LogP contribution is 2.43. The summed E-state index contributed by atoms with van der Waals surface area (Å²) in [6.45, 7) is 8.40. The van der Waals surface area contributed by atoms with Gasteiger partial charge in [-0.2, -0.15) is 0 Å². The number of sulfonamides is 1. The van der Waals surface area contributed by atoms with Crippen LogP contribution in [0.2, 0.25) is 5.02 Å². The Hall–Kier alpha value is -2.57. The quantitative estimate of drug-likeness (QED) is 0.433. The largest absolute Gasteiger partial charge is 0.351 e. The van der Waals surface area contributed by atoms with Crippen LogP contribution in [0.1, 0.15) is 50.7 Å². The maximum Gasteiger partial charge on any atom is 0.270 e. The number of hydrogen-bond donors (Lipinski definition) is 1. The minimum Gasteiger partial charge on any atom is -0.351 e. The second-order valence-corrected chi connectivity index (χ2v) is 10.4. The van der Waals surface area contributed by atoms with Gasteiger partial charge in [0.1, 0.15) is 0 Å². The molecular formula is C26H31ClN2O3S. The Morgan fingerprint density at radius 1 is 1.18 bits per heavy atom. The molecule has 1 amide bonds. The number of hydrogen-bond acceptors (Lipinski definition) is 3. The van der Waals surface area contributed by atoms with Gasteiger partial charge in [-0.25, -0.2) is 8.42 Å². The average Bonchev–Trinajstić information content (AvgIpc) is 2.81. The second-order valence-electron chi connectivity index (χ2n) is 8.18. The molecule has 0 aliphatic carbocycles. The summed E-state index contributed by atoms with van der Waals surface area (Å²) in [5.41, 5.74) is 2.09. The normalized spacial score (nSPS) is 15.7. The number of rotatable bonds is 10. The van der Waals surface area contributed by atoms with Crippen molar-refractivity contribution in [3.05, 3.63) is 82.2 Å². The van der Waals surface area contributed by atoms with Gasteiger partial charge in [-0.05, 0) is 36.1 Å². The van der Waals surface area contributed by atoms with Crippen LogP contribution in [0.4, 0.5) is 5.69 Å². The van der Waals surface area contributed by atoms with E-state index in [1.54, 1.807) is 18.2 Å². The molecular weight excluding hydrogens is 456 g/mol. The first-order chi connectivity index (χ1) is 15.8. The van der Waals surface area contributed by atoms with Gasteiger partial charge in [0.15, 0.2) is 4.91 Å². The fourth-order valence-electron chi connectivity index (χ4n) is 4.11. The van der Waals surface area contributed by atoms with Crippen LogP contribution in [0.5, 0.6) is 0 Å². The maximum absolute atomic E-state index is 13.8. The van der Waals surface area contributed by atoms with Crippen molar-refractivity contribution in [1.29, 1.82) is 0 Å². The number of benzene rings is 2. The van der Waals surface area contributed by atoms with Gasteiger partial charge in [0.2, 0.25) is 0 Å². The van der Waals surface area contributed by atoms with Crippen LogP contribution in [0.15, 0.2) is 66.1 Å². The Bertz CT molecular complexity index is 1140. The standard InChI is InChI=1S/C26H31ClN2O3S/c1-4-7-11-19(6-3)18-28-26(30)25-24(20-12-9-8-10-13-20)22-17-21(27)14-15-23(22)29(16-5-2)33(25,31)32/h5,8-10,12-15,17,19H,2,4,6-7,11,16,18H2,1,3H3,(H,28,30)/t19-/m0/s1. The maximum atomic E-state index is 13.8. The highest BCUT2D eigenvalue weighted by Gasteiger charge is 2.41. The van der Waals surface area contributed by atoms with E-state index in [1.807, 2.05) is 30.3 Å². The zero-order valence-electron chi connectivity index (χ0n) is 19.2. The molecule has 0 saturated carbocycles. The van der Waals surface area contributed by atoms with Crippen LogP contribution < -0.4 is 9.62 Å². The molecule has 0 spiro atoms. The molecule has 2 aromatic rings. The Labute approximate surface area is 202 Å². The molecule has 1 atom stereocenters. The highest BCUT2D eigenvalue weighted by molar-refractivity contribution is 7.97. The molecule has 2 aromatic carbocycles. The lowest BCUT2D eigenvalue weighted by Crippen LogP contribution is -2.42. The summed E-state index contributed by atoms with van der Waals surface area (Å²) in [4.78, 5) is 13.2. The number of amides is 1. The molecule has 5 nitrogen and oxygen atoms in total. The van der Waals surface area contributed by atoms with E-state index >= 15 is 0 Å². The van der Waals surface area contributed by atoms with Crippen LogP contribution in [0, 0.1) is 5.92 Å². The van der Waals surface area contributed by atoms with Gasteiger partial charge in [-0.3, -0.25) is 9.10 Å². The van der Waals surface area contributed by atoms with Crippen molar-refractivity contribution in [1.82, 2.24) is 5.32 Å². The summed E-state index contributed by atoms with van der Waals surface area (Å²) in [5.74, 6) is -0.296. The van der Waals surface area contributed by atoms with E-state index in [9.17, 15) is 13.2 Å². The minimum absolute atomic E-state index is 0.0455. The van der Waals surface area contributed by atoms with Crippen molar-refractivity contribution < 1.29 is 13.2 Å². The predicted octanol–water partition coefficient (Wildman–Crippen LogP) is 5.77.